The highest BCUT2D eigenvalue weighted by Crippen LogP contribution is 2.21. The summed E-state index contributed by atoms with van der Waals surface area (Å²) in [5.74, 6) is -0.972. The lowest BCUT2D eigenvalue weighted by molar-refractivity contribution is -0.140. The van der Waals surface area contributed by atoms with Crippen LogP contribution < -0.4 is 0 Å². The first-order chi connectivity index (χ1) is 7.10. The minimum absolute atomic E-state index is 0.0806. The van der Waals surface area contributed by atoms with Crippen molar-refractivity contribution in [2.45, 2.75) is 53.6 Å². The summed E-state index contributed by atoms with van der Waals surface area (Å²) >= 11 is 0. The van der Waals surface area contributed by atoms with Gasteiger partial charge >= 0.3 is 5.97 Å². The molecule has 0 aliphatic carbocycles. The van der Waals surface area contributed by atoms with E-state index in [1.807, 2.05) is 0 Å². The predicted molar refractivity (Wildman–Crippen MR) is 64.3 cm³/mol. The Hall–Kier alpha value is -0.610. The Bertz CT molecular complexity index is 182. The van der Waals surface area contributed by atoms with E-state index in [0.717, 1.165) is 6.42 Å². The Labute approximate surface area is 98.3 Å². The van der Waals surface area contributed by atoms with E-state index in [1.165, 1.54) is 0 Å². The average molecular weight is 234 g/mol. The molecule has 16 heavy (non-hydrogen) atoms. The summed E-state index contributed by atoms with van der Waals surface area (Å²) in [4.78, 5) is 9.70. The van der Waals surface area contributed by atoms with Gasteiger partial charge in [0, 0.05) is 6.61 Å². The van der Waals surface area contributed by atoms with E-state index in [4.69, 9.17) is 10.2 Å². The maximum atomic E-state index is 9.70. The first kappa shape index (κ1) is 17.8. The molecule has 0 fully saturated rings. The molecule has 3 N–H and O–H groups in total. The SMILES string of the molecule is CC(C)(C)CC(O)CCO.CC(C)C(=O)O. The normalized spacial score (nSPS) is 13.0. The molecule has 0 aliphatic rings. The summed E-state index contributed by atoms with van der Waals surface area (Å²) in [5, 5.41) is 25.7. The van der Waals surface area contributed by atoms with Gasteiger partial charge in [-0.15, -0.1) is 0 Å². The molecule has 0 aliphatic heterocycles. The molecular weight excluding hydrogens is 208 g/mol. The van der Waals surface area contributed by atoms with Gasteiger partial charge in [0.15, 0.2) is 0 Å². The Kier molecular flexibility index (Phi) is 9.48. The maximum absolute atomic E-state index is 9.70. The number of carbonyl (C=O) groups is 1. The zero-order valence-electron chi connectivity index (χ0n) is 11.0. The van der Waals surface area contributed by atoms with Crippen molar-refractivity contribution >= 4 is 5.97 Å². The predicted octanol–water partition coefficient (Wildman–Crippen LogP) is 1.89. The number of aliphatic hydroxyl groups excluding tert-OH is 2. The van der Waals surface area contributed by atoms with Crippen LogP contribution in [-0.4, -0.2) is 34.0 Å². The average Bonchev–Trinajstić information content (AvgIpc) is 2.01. The second-order valence-corrected chi connectivity index (χ2v) is 5.42. The molecule has 1 atom stereocenters. The molecule has 0 saturated heterocycles. The van der Waals surface area contributed by atoms with Crippen LogP contribution in [0.3, 0.4) is 0 Å². The Morgan fingerprint density at radius 2 is 1.62 bits per heavy atom. The lowest BCUT2D eigenvalue weighted by atomic mass is 9.88. The molecule has 4 nitrogen and oxygen atoms in total. The summed E-state index contributed by atoms with van der Waals surface area (Å²) in [7, 11) is 0. The van der Waals surface area contributed by atoms with Gasteiger partial charge in [0.1, 0.15) is 0 Å². The molecule has 4 heteroatoms. The summed E-state index contributed by atoms with van der Waals surface area (Å²) < 4.78 is 0. The highest BCUT2D eigenvalue weighted by Gasteiger charge is 2.15. The van der Waals surface area contributed by atoms with Crippen LogP contribution in [0.4, 0.5) is 0 Å². The van der Waals surface area contributed by atoms with Gasteiger partial charge in [0.2, 0.25) is 0 Å². The molecule has 98 valence electrons. The third kappa shape index (κ3) is 15.8. The summed E-state index contributed by atoms with van der Waals surface area (Å²) in [6.45, 7) is 9.59. The van der Waals surface area contributed by atoms with Crippen LogP contribution in [0.15, 0.2) is 0 Å². The van der Waals surface area contributed by atoms with Crippen molar-refractivity contribution in [3.63, 3.8) is 0 Å². The molecule has 0 spiro atoms. The van der Waals surface area contributed by atoms with E-state index in [-0.39, 0.29) is 24.0 Å². The number of hydrogen-bond acceptors (Lipinski definition) is 3. The second kappa shape index (κ2) is 8.53. The van der Waals surface area contributed by atoms with E-state index in [0.29, 0.717) is 6.42 Å². The fourth-order valence-corrected chi connectivity index (χ4v) is 0.958. The third-order valence-electron chi connectivity index (χ3n) is 1.80. The van der Waals surface area contributed by atoms with Crippen LogP contribution in [0.5, 0.6) is 0 Å². The fourth-order valence-electron chi connectivity index (χ4n) is 0.958. The van der Waals surface area contributed by atoms with Crippen molar-refractivity contribution in [2.24, 2.45) is 11.3 Å². The van der Waals surface area contributed by atoms with Crippen LogP contribution in [0.25, 0.3) is 0 Å². The van der Waals surface area contributed by atoms with Crippen LogP contribution >= 0.6 is 0 Å². The highest BCUT2D eigenvalue weighted by atomic mass is 16.4. The van der Waals surface area contributed by atoms with Crippen molar-refractivity contribution in [3.05, 3.63) is 0 Å². The van der Waals surface area contributed by atoms with E-state index in [2.05, 4.69) is 20.8 Å². The molecular formula is C12H26O4. The molecule has 0 radical (unpaired) electrons. The molecule has 0 bridgehead atoms. The largest absolute Gasteiger partial charge is 0.481 e. The van der Waals surface area contributed by atoms with Gasteiger partial charge < -0.3 is 15.3 Å². The van der Waals surface area contributed by atoms with Gasteiger partial charge in [0.05, 0.1) is 12.0 Å². The van der Waals surface area contributed by atoms with Gasteiger partial charge in [-0.1, -0.05) is 34.6 Å². The first-order valence-corrected chi connectivity index (χ1v) is 5.62. The fraction of sp³-hybridized carbons (Fsp3) is 0.917. The van der Waals surface area contributed by atoms with E-state index in [9.17, 15) is 9.90 Å². The van der Waals surface area contributed by atoms with Crippen LogP contribution in [0.1, 0.15) is 47.5 Å². The van der Waals surface area contributed by atoms with E-state index in [1.54, 1.807) is 13.8 Å². The minimum atomic E-state index is -0.741. The van der Waals surface area contributed by atoms with E-state index < -0.39 is 5.97 Å². The molecule has 0 heterocycles. The Morgan fingerprint density at radius 3 is 1.81 bits per heavy atom. The first-order valence-electron chi connectivity index (χ1n) is 5.62. The number of aliphatic carboxylic acids is 1. The summed E-state index contributed by atoms with van der Waals surface area (Å²) in [5.41, 5.74) is 0.161. The van der Waals surface area contributed by atoms with E-state index >= 15 is 0 Å². The zero-order chi connectivity index (χ0) is 13.4. The smallest absolute Gasteiger partial charge is 0.305 e. The zero-order valence-corrected chi connectivity index (χ0v) is 11.0. The van der Waals surface area contributed by atoms with Crippen LogP contribution in [0.2, 0.25) is 0 Å². The summed E-state index contributed by atoms with van der Waals surface area (Å²) in [6.07, 6.45) is 0.912. The van der Waals surface area contributed by atoms with Crippen molar-refractivity contribution in [1.29, 1.82) is 0 Å². The van der Waals surface area contributed by atoms with Crippen LogP contribution in [-0.2, 0) is 4.79 Å². The van der Waals surface area contributed by atoms with Gasteiger partial charge in [-0.3, -0.25) is 4.79 Å². The van der Waals surface area contributed by atoms with Crippen molar-refractivity contribution < 1.29 is 20.1 Å². The topological polar surface area (TPSA) is 77.8 Å². The Balaban J connectivity index is 0. The number of rotatable bonds is 4. The standard InChI is InChI=1S/C8H18O2.C4H8O2/c1-8(2,3)6-7(10)4-5-9;1-3(2)4(5)6/h7,9-10H,4-6H2,1-3H3;3H,1-2H3,(H,5,6). The summed E-state index contributed by atoms with van der Waals surface area (Å²) in [6, 6.07) is 0. The van der Waals surface area contributed by atoms with Crippen molar-refractivity contribution in [1.82, 2.24) is 0 Å². The Morgan fingerprint density at radius 1 is 1.25 bits per heavy atom. The van der Waals surface area contributed by atoms with Crippen molar-refractivity contribution in [2.75, 3.05) is 6.61 Å². The quantitative estimate of drug-likeness (QED) is 0.694. The highest BCUT2D eigenvalue weighted by molar-refractivity contribution is 5.68. The molecule has 1 unspecified atom stereocenters. The number of hydrogen-bond donors (Lipinski definition) is 3. The number of aliphatic hydroxyl groups is 2. The second-order valence-electron chi connectivity index (χ2n) is 5.42. The van der Waals surface area contributed by atoms with Crippen molar-refractivity contribution in [3.8, 4) is 0 Å². The van der Waals surface area contributed by atoms with Crippen LogP contribution in [0, 0.1) is 11.3 Å². The molecule has 0 aromatic heterocycles. The lowest BCUT2D eigenvalue weighted by Gasteiger charge is -2.21. The lowest BCUT2D eigenvalue weighted by Crippen LogP contribution is -2.18. The number of carboxylic acid groups (broad SMARTS) is 1. The molecule has 0 aromatic carbocycles. The monoisotopic (exact) mass is 234 g/mol. The maximum Gasteiger partial charge on any atom is 0.305 e. The minimum Gasteiger partial charge on any atom is -0.481 e. The third-order valence-corrected chi connectivity index (χ3v) is 1.80. The van der Waals surface area contributed by atoms with Gasteiger partial charge in [0.25, 0.3) is 0 Å². The molecule has 0 rings (SSSR count). The molecule has 0 saturated carbocycles. The molecule has 0 amide bonds. The van der Waals surface area contributed by atoms with Gasteiger partial charge in [-0.05, 0) is 18.3 Å². The number of carboxylic acids is 1. The van der Waals surface area contributed by atoms with Gasteiger partial charge in [-0.25, -0.2) is 0 Å². The molecule has 0 aromatic rings. The van der Waals surface area contributed by atoms with Gasteiger partial charge in [-0.2, -0.15) is 0 Å².